The lowest BCUT2D eigenvalue weighted by molar-refractivity contribution is 0.213. The Labute approximate surface area is 111 Å². The zero-order valence-electron chi connectivity index (χ0n) is 11.3. The van der Waals surface area contributed by atoms with Crippen molar-refractivity contribution in [2.75, 3.05) is 25.9 Å². The van der Waals surface area contributed by atoms with Crippen LogP contribution in [0.1, 0.15) is 38.5 Å². The summed E-state index contributed by atoms with van der Waals surface area (Å²) < 4.78 is 24.9. The molecule has 5 heteroatoms. The molecule has 18 heavy (non-hydrogen) atoms. The maximum atomic E-state index is 11.6. The number of sulfonamides is 1. The molecule has 0 spiro atoms. The van der Waals surface area contributed by atoms with Gasteiger partial charge in [0.05, 0.1) is 6.26 Å². The van der Waals surface area contributed by atoms with E-state index < -0.39 is 10.0 Å². The van der Waals surface area contributed by atoms with E-state index in [1.165, 1.54) is 38.4 Å². The summed E-state index contributed by atoms with van der Waals surface area (Å²) >= 11 is 0. The third-order valence-electron chi connectivity index (χ3n) is 4.71. The van der Waals surface area contributed by atoms with E-state index in [0.29, 0.717) is 18.4 Å². The SMILES string of the molecule is CS(=O)(=O)N1CCCC(CC2CCCC2CN)C1. The van der Waals surface area contributed by atoms with Gasteiger partial charge in [-0.1, -0.05) is 12.8 Å². The summed E-state index contributed by atoms with van der Waals surface area (Å²) in [6.07, 6.45) is 8.55. The molecule has 0 aromatic heterocycles. The minimum absolute atomic E-state index is 0.547. The second-order valence-corrected chi connectivity index (χ2v) is 8.03. The Hall–Kier alpha value is -0.130. The van der Waals surface area contributed by atoms with Gasteiger partial charge in [-0.25, -0.2) is 12.7 Å². The molecule has 2 N–H and O–H groups in total. The molecular formula is C13H26N2O2S. The molecule has 0 bridgehead atoms. The largest absolute Gasteiger partial charge is 0.330 e. The molecule has 2 rings (SSSR count). The highest BCUT2D eigenvalue weighted by Crippen LogP contribution is 2.37. The van der Waals surface area contributed by atoms with E-state index in [4.69, 9.17) is 5.73 Å². The van der Waals surface area contributed by atoms with Crippen molar-refractivity contribution in [3.05, 3.63) is 0 Å². The van der Waals surface area contributed by atoms with E-state index in [2.05, 4.69) is 0 Å². The highest BCUT2D eigenvalue weighted by Gasteiger charge is 2.32. The van der Waals surface area contributed by atoms with Gasteiger partial charge >= 0.3 is 0 Å². The molecule has 0 amide bonds. The van der Waals surface area contributed by atoms with Gasteiger partial charge in [-0.3, -0.25) is 0 Å². The zero-order chi connectivity index (χ0) is 13.2. The first-order valence-electron chi connectivity index (χ1n) is 7.16. The maximum Gasteiger partial charge on any atom is 0.211 e. The number of rotatable bonds is 4. The number of nitrogens with two attached hydrogens (primary N) is 1. The van der Waals surface area contributed by atoms with E-state index in [9.17, 15) is 8.42 Å². The Kier molecular flexibility index (Phi) is 4.67. The van der Waals surface area contributed by atoms with E-state index in [-0.39, 0.29) is 0 Å². The van der Waals surface area contributed by atoms with E-state index >= 15 is 0 Å². The predicted molar refractivity (Wildman–Crippen MR) is 73.6 cm³/mol. The van der Waals surface area contributed by atoms with Crippen molar-refractivity contribution in [3.8, 4) is 0 Å². The summed E-state index contributed by atoms with van der Waals surface area (Å²) in [5.41, 5.74) is 5.82. The monoisotopic (exact) mass is 274 g/mol. The fourth-order valence-electron chi connectivity index (χ4n) is 3.68. The second-order valence-electron chi connectivity index (χ2n) is 6.05. The van der Waals surface area contributed by atoms with Crippen LogP contribution in [0, 0.1) is 17.8 Å². The van der Waals surface area contributed by atoms with E-state index in [1.807, 2.05) is 0 Å². The van der Waals surface area contributed by atoms with Crippen LogP contribution in [0.3, 0.4) is 0 Å². The van der Waals surface area contributed by atoms with Crippen LogP contribution < -0.4 is 5.73 Å². The summed E-state index contributed by atoms with van der Waals surface area (Å²) in [7, 11) is -3.00. The van der Waals surface area contributed by atoms with Gasteiger partial charge in [0.2, 0.25) is 10.0 Å². The Balaban J connectivity index is 1.90. The van der Waals surface area contributed by atoms with Crippen LogP contribution in [0.2, 0.25) is 0 Å². The van der Waals surface area contributed by atoms with Crippen molar-refractivity contribution in [2.24, 2.45) is 23.5 Å². The Morgan fingerprint density at radius 1 is 1.17 bits per heavy atom. The first-order valence-corrected chi connectivity index (χ1v) is 9.00. The summed E-state index contributed by atoms with van der Waals surface area (Å²) in [5.74, 6) is 1.96. The van der Waals surface area contributed by atoms with Gasteiger partial charge in [0.25, 0.3) is 0 Å². The van der Waals surface area contributed by atoms with Gasteiger partial charge in [-0.05, 0) is 50.0 Å². The molecular weight excluding hydrogens is 248 g/mol. The number of nitrogens with zero attached hydrogens (tertiary/aromatic N) is 1. The molecule has 0 aromatic carbocycles. The molecule has 0 radical (unpaired) electrons. The van der Waals surface area contributed by atoms with Gasteiger partial charge < -0.3 is 5.73 Å². The van der Waals surface area contributed by atoms with Crippen molar-refractivity contribution in [3.63, 3.8) is 0 Å². The standard InChI is InChI=1S/C13H26N2O2S/c1-18(16,17)15-7-3-4-11(10-15)8-12-5-2-6-13(12)9-14/h11-13H,2-10,14H2,1H3. The summed E-state index contributed by atoms with van der Waals surface area (Å²) in [6.45, 7) is 2.24. The fourth-order valence-corrected chi connectivity index (χ4v) is 4.63. The van der Waals surface area contributed by atoms with Gasteiger partial charge in [-0.15, -0.1) is 0 Å². The molecule has 3 atom stereocenters. The van der Waals surface area contributed by atoms with Crippen molar-refractivity contribution in [2.45, 2.75) is 38.5 Å². The number of hydrogen-bond donors (Lipinski definition) is 1. The third kappa shape index (κ3) is 3.45. The third-order valence-corrected chi connectivity index (χ3v) is 5.98. The lowest BCUT2D eigenvalue weighted by atomic mass is 9.84. The predicted octanol–water partition coefficient (Wildman–Crippen LogP) is 1.42. The Morgan fingerprint density at radius 2 is 1.89 bits per heavy atom. The van der Waals surface area contributed by atoms with Crippen molar-refractivity contribution in [1.29, 1.82) is 0 Å². The minimum atomic E-state index is -3.00. The van der Waals surface area contributed by atoms with Crippen molar-refractivity contribution in [1.82, 2.24) is 4.31 Å². The molecule has 1 aliphatic carbocycles. The first-order chi connectivity index (χ1) is 8.50. The Bertz CT molecular complexity index is 369. The lowest BCUT2D eigenvalue weighted by Crippen LogP contribution is -2.40. The molecule has 1 aliphatic heterocycles. The molecule has 1 saturated carbocycles. The summed E-state index contributed by atoms with van der Waals surface area (Å²) in [4.78, 5) is 0. The summed E-state index contributed by atoms with van der Waals surface area (Å²) in [6, 6.07) is 0. The lowest BCUT2D eigenvalue weighted by Gasteiger charge is -2.33. The van der Waals surface area contributed by atoms with Gasteiger partial charge in [0, 0.05) is 13.1 Å². The summed E-state index contributed by atoms with van der Waals surface area (Å²) in [5, 5.41) is 0. The molecule has 0 aromatic rings. The minimum Gasteiger partial charge on any atom is -0.330 e. The smallest absolute Gasteiger partial charge is 0.211 e. The van der Waals surface area contributed by atoms with E-state index in [1.54, 1.807) is 4.31 Å². The van der Waals surface area contributed by atoms with Crippen LogP contribution in [0.5, 0.6) is 0 Å². The molecule has 1 heterocycles. The average molecular weight is 274 g/mol. The highest BCUT2D eigenvalue weighted by atomic mass is 32.2. The molecule has 1 saturated heterocycles. The average Bonchev–Trinajstić information content (AvgIpc) is 2.75. The van der Waals surface area contributed by atoms with Crippen LogP contribution in [-0.2, 0) is 10.0 Å². The fraction of sp³-hybridized carbons (Fsp3) is 1.00. The zero-order valence-corrected chi connectivity index (χ0v) is 12.2. The van der Waals surface area contributed by atoms with Crippen LogP contribution in [0.4, 0.5) is 0 Å². The molecule has 2 aliphatic rings. The second kappa shape index (κ2) is 5.88. The van der Waals surface area contributed by atoms with Gasteiger partial charge in [-0.2, -0.15) is 0 Å². The van der Waals surface area contributed by atoms with Crippen LogP contribution in [0.25, 0.3) is 0 Å². The molecule has 106 valence electrons. The van der Waals surface area contributed by atoms with Crippen molar-refractivity contribution < 1.29 is 8.42 Å². The maximum absolute atomic E-state index is 11.6. The molecule has 3 unspecified atom stereocenters. The number of piperidine rings is 1. The molecule has 4 nitrogen and oxygen atoms in total. The topological polar surface area (TPSA) is 63.4 Å². The van der Waals surface area contributed by atoms with Gasteiger partial charge in [0.15, 0.2) is 0 Å². The molecule has 2 fully saturated rings. The normalized spacial score (nSPS) is 34.9. The van der Waals surface area contributed by atoms with Crippen LogP contribution in [0.15, 0.2) is 0 Å². The first kappa shape index (κ1) is 14.3. The van der Waals surface area contributed by atoms with Crippen molar-refractivity contribution >= 4 is 10.0 Å². The van der Waals surface area contributed by atoms with Gasteiger partial charge in [0.1, 0.15) is 0 Å². The van der Waals surface area contributed by atoms with Crippen LogP contribution in [-0.4, -0.2) is 38.6 Å². The number of hydrogen-bond acceptors (Lipinski definition) is 3. The highest BCUT2D eigenvalue weighted by molar-refractivity contribution is 7.88. The Morgan fingerprint density at radius 3 is 2.56 bits per heavy atom. The van der Waals surface area contributed by atoms with E-state index in [0.717, 1.165) is 25.4 Å². The quantitative estimate of drug-likeness (QED) is 0.843. The van der Waals surface area contributed by atoms with Crippen LogP contribution >= 0.6 is 0 Å².